The van der Waals surface area contributed by atoms with Crippen molar-refractivity contribution in [1.82, 2.24) is 9.84 Å². The third-order valence-electron chi connectivity index (χ3n) is 3.30. The highest BCUT2D eigenvalue weighted by atomic mass is 35.5. The molecule has 1 amide bonds. The van der Waals surface area contributed by atoms with E-state index >= 15 is 0 Å². The van der Waals surface area contributed by atoms with Crippen molar-refractivity contribution >= 4 is 61.9 Å². The van der Waals surface area contributed by atoms with Crippen molar-refractivity contribution in [1.29, 1.82) is 0 Å². The first-order chi connectivity index (χ1) is 12.3. The highest BCUT2D eigenvalue weighted by Gasteiger charge is 2.35. The van der Waals surface area contributed by atoms with E-state index < -0.39 is 21.7 Å². The minimum absolute atomic E-state index is 0.00204. The average Bonchev–Trinajstić information content (AvgIpc) is 2.86. The van der Waals surface area contributed by atoms with Crippen molar-refractivity contribution in [3.8, 4) is 0 Å². The number of sulfonamides is 1. The normalized spacial score (nSPS) is 16.5. The summed E-state index contributed by atoms with van der Waals surface area (Å²) in [5, 5.41) is 0.741. The molecule has 134 valence electrons. The van der Waals surface area contributed by atoms with Crippen molar-refractivity contribution in [2.24, 2.45) is 0 Å². The number of amides is 1. The summed E-state index contributed by atoms with van der Waals surface area (Å²) in [5.41, 5.74) is 0.401. The van der Waals surface area contributed by atoms with E-state index in [4.69, 9.17) is 23.8 Å². The fourth-order valence-corrected chi connectivity index (χ4v) is 4.52. The largest absolute Gasteiger partial charge is 0.281 e. The summed E-state index contributed by atoms with van der Waals surface area (Å²) in [7, 11) is -3.97. The second-order valence-electron chi connectivity index (χ2n) is 5.10. The molecule has 1 aliphatic rings. The van der Waals surface area contributed by atoms with Crippen molar-refractivity contribution < 1.29 is 17.6 Å². The lowest BCUT2D eigenvalue weighted by Gasteiger charge is -2.15. The van der Waals surface area contributed by atoms with Crippen LogP contribution in [0, 0.1) is 5.82 Å². The maximum Gasteiger partial charge on any atom is 0.281 e. The Hall–Kier alpha value is -1.78. The van der Waals surface area contributed by atoms with Crippen LogP contribution in [-0.4, -0.2) is 23.7 Å². The van der Waals surface area contributed by atoms with E-state index in [1.165, 1.54) is 36.4 Å². The Morgan fingerprint density at radius 2 is 1.88 bits per heavy atom. The van der Waals surface area contributed by atoms with E-state index in [-0.39, 0.29) is 19.1 Å². The Kier molecular flexibility index (Phi) is 5.44. The number of hydrogen-bond donors (Lipinski definition) is 1. The van der Waals surface area contributed by atoms with Gasteiger partial charge in [0.05, 0.1) is 14.8 Å². The van der Waals surface area contributed by atoms with Crippen LogP contribution in [0.2, 0.25) is 5.02 Å². The van der Waals surface area contributed by atoms with Gasteiger partial charge in [0.1, 0.15) is 5.82 Å². The summed E-state index contributed by atoms with van der Waals surface area (Å²) in [6.45, 7) is 0. The van der Waals surface area contributed by atoms with Crippen LogP contribution in [0.1, 0.15) is 5.56 Å². The molecular weight excluding hydrogens is 419 g/mol. The van der Waals surface area contributed by atoms with E-state index in [1.54, 1.807) is 18.2 Å². The Labute approximate surface area is 163 Å². The molecule has 5 nitrogen and oxygen atoms in total. The summed E-state index contributed by atoms with van der Waals surface area (Å²) in [6.07, 6.45) is 1.41. The minimum Gasteiger partial charge on any atom is -0.267 e. The summed E-state index contributed by atoms with van der Waals surface area (Å²) in [6, 6.07) is 11.7. The van der Waals surface area contributed by atoms with Gasteiger partial charge in [-0.2, -0.15) is 0 Å². The maximum atomic E-state index is 13.5. The molecule has 10 heteroatoms. The quantitative estimate of drug-likeness (QED) is 0.595. The molecule has 0 unspecified atom stereocenters. The third-order valence-corrected chi connectivity index (χ3v) is 6.22. The van der Waals surface area contributed by atoms with Gasteiger partial charge in [-0.15, -0.1) is 4.83 Å². The first kappa shape index (κ1) is 19.0. The molecule has 0 saturated carbocycles. The Bertz CT molecular complexity index is 1030. The number of hydrogen-bond acceptors (Lipinski definition) is 5. The number of hydrazine groups is 1. The summed E-state index contributed by atoms with van der Waals surface area (Å²) >= 11 is 11.6. The molecule has 3 rings (SSSR count). The predicted octanol–water partition coefficient (Wildman–Crippen LogP) is 3.57. The van der Waals surface area contributed by atoms with Gasteiger partial charge in [-0.3, -0.25) is 4.79 Å². The van der Waals surface area contributed by atoms with Gasteiger partial charge in [-0.05, 0) is 35.9 Å². The average molecular weight is 429 g/mol. The number of carbonyl (C=O) groups excluding carboxylic acids is 1. The Morgan fingerprint density at radius 3 is 2.54 bits per heavy atom. The van der Waals surface area contributed by atoms with Crippen LogP contribution in [0.3, 0.4) is 0 Å². The molecule has 0 aromatic heterocycles. The predicted molar refractivity (Wildman–Crippen MR) is 103 cm³/mol. The van der Waals surface area contributed by atoms with Gasteiger partial charge in [0.25, 0.3) is 15.9 Å². The minimum atomic E-state index is -3.97. The van der Waals surface area contributed by atoms with Crippen LogP contribution in [0.4, 0.5) is 4.39 Å². The SMILES string of the molecule is O=C1C(=Cc2ccc(Cl)c(F)c2)SC(=S)N1NS(=O)(=O)c1ccccc1. The Balaban J connectivity index is 1.85. The van der Waals surface area contributed by atoms with Crippen LogP contribution in [0.25, 0.3) is 6.08 Å². The standard InChI is InChI=1S/C16H10ClFN2O3S3/c17-12-7-6-10(8-13(12)18)9-14-15(21)20(16(24)25-14)19-26(22,23)11-4-2-1-3-5-11/h1-9,19H. The second kappa shape index (κ2) is 7.45. The molecular formula is C16H10ClFN2O3S3. The summed E-state index contributed by atoms with van der Waals surface area (Å²) in [5.74, 6) is -1.27. The first-order valence-corrected chi connectivity index (χ1v) is 10.2. The number of thioether (sulfide) groups is 1. The van der Waals surface area contributed by atoms with Crippen LogP contribution >= 0.6 is 35.6 Å². The number of thiocarbonyl (C=S) groups is 1. The lowest BCUT2D eigenvalue weighted by atomic mass is 10.2. The molecule has 2 aromatic carbocycles. The zero-order valence-corrected chi connectivity index (χ0v) is 16.1. The van der Waals surface area contributed by atoms with Crippen molar-refractivity contribution in [3.63, 3.8) is 0 Å². The molecule has 0 atom stereocenters. The zero-order chi connectivity index (χ0) is 18.9. The second-order valence-corrected chi connectivity index (χ2v) is 8.84. The number of halogens is 2. The van der Waals surface area contributed by atoms with Gasteiger partial charge in [-0.25, -0.2) is 17.8 Å². The molecule has 1 fully saturated rings. The molecule has 1 heterocycles. The molecule has 26 heavy (non-hydrogen) atoms. The Morgan fingerprint density at radius 1 is 1.19 bits per heavy atom. The van der Waals surface area contributed by atoms with E-state index in [9.17, 15) is 17.6 Å². The number of rotatable bonds is 4. The first-order valence-electron chi connectivity index (χ1n) is 7.08. The smallest absolute Gasteiger partial charge is 0.267 e. The molecule has 0 aliphatic carbocycles. The van der Waals surface area contributed by atoms with E-state index in [2.05, 4.69) is 4.83 Å². The number of carbonyl (C=O) groups is 1. The lowest BCUT2D eigenvalue weighted by molar-refractivity contribution is -0.123. The molecule has 1 saturated heterocycles. The van der Waals surface area contributed by atoms with Gasteiger partial charge in [0.2, 0.25) is 0 Å². The molecule has 0 radical (unpaired) electrons. The zero-order valence-electron chi connectivity index (χ0n) is 12.8. The molecule has 0 bridgehead atoms. The van der Waals surface area contributed by atoms with E-state index in [0.717, 1.165) is 16.8 Å². The summed E-state index contributed by atoms with van der Waals surface area (Å²) < 4.78 is 38.3. The van der Waals surface area contributed by atoms with E-state index in [1.807, 2.05) is 0 Å². The van der Waals surface area contributed by atoms with Crippen molar-refractivity contribution in [3.05, 3.63) is 69.8 Å². The highest BCUT2D eigenvalue weighted by Crippen LogP contribution is 2.32. The lowest BCUT2D eigenvalue weighted by Crippen LogP contribution is -2.44. The molecule has 1 N–H and O–H groups in total. The van der Waals surface area contributed by atoms with Crippen LogP contribution in [0.5, 0.6) is 0 Å². The molecule has 1 aliphatic heterocycles. The van der Waals surface area contributed by atoms with Crippen LogP contribution in [0.15, 0.2) is 58.3 Å². The third kappa shape index (κ3) is 3.97. The van der Waals surface area contributed by atoms with Crippen LogP contribution < -0.4 is 4.83 Å². The van der Waals surface area contributed by atoms with Gasteiger partial charge in [0.15, 0.2) is 4.32 Å². The van der Waals surface area contributed by atoms with Gasteiger partial charge >= 0.3 is 0 Å². The number of nitrogens with one attached hydrogen (secondary N) is 1. The topological polar surface area (TPSA) is 66.5 Å². The van der Waals surface area contributed by atoms with Gasteiger partial charge in [-0.1, -0.05) is 59.8 Å². The van der Waals surface area contributed by atoms with Crippen LogP contribution in [-0.2, 0) is 14.8 Å². The van der Waals surface area contributed by atoms with Gasteiger partial charge in [0, 0.05) is 0 Å². The number of benzene rings is 2. The summed E-state index contributed by atoms with van der Waals surface area (Å²) in [4.78, 5) is 14.8. The molecule has 2 aromatic rings. The van der Waals surface area contributed by atoms with E-state index in [0.29, 0.717) is 5.56 Å². The monoisotopic (exact) mass is 428 g/mol. The van der Waals surface area contributed by atoms with Crippen molar-refractivity contribution in [2.75, 3.05) is 0 Å². The highest BCUT2D eigenvalue weighted by molar-refractivity contribution is 8.26. The fraction of sp³-hybridized carbons (Fsp3) is 0. The van der Waals surface area contributed by atoms with Gasteiger partial charge < -0.3 is 0 Å². The molecule has 0 spiro atoms. The number of nitrogens with zero attached hydrogens (tertiary/aromatic N) is 1. The maximum absolute atomic E-state index is 13.5. The fourth-order valence-electron chi connectivity index (χ4n) is 2.07. The van der Waals surface area contributed by atoms with Crippen molar-refractivity contribution in [2.45, 2.75) is 4.90 Å².